The third-order valence-electron chi connectivity index (χ3n) is 5.55. The summed E-state index contributed by atoms with van der Waals surface area (Å²) < 4.78 is 11.1. The zero-order chi connectivity index (χ0) is 22.7. The molecule has 1 atom stereocenters. The number of hydrogen-bond acceptors (Lipinski definition) is 5. The van der Waals surface area contributed by atoms with Crippen LogP contribution in [0.1, 0.15) is 47.4 Å². The summed E-state index contributed by atoms with van der Waals surface area (Å²) in [6, 6.07) is 12.1. The predicted molar refractivity (Wildman–Crippen MR) is 122 cm³/mol. The number of nitrogens with one attached hydrogen (secondary N) is 1. The second-order valence-electron chi connectivity index (χ2n) is 7.69. The quantitative estimate of drug-likeness (QED) is 0.452. The Kier molecular flexibility index (Phi) is 6.67. The smallest absolute Gasteiger partial charge is 0.273 e. The Labute approximate surface area is 191 Å². The lowest BCUT2D eigenvalue weighted by molar-refractivity contribution is 0.0677. The Hall–Kier alpha value is -3.03. The van der Waals surface area contributed by atoms with E-state index in [2.05, 4.69) is 17.1 Å². The van der Waals surface area contributed by atoms with E-state index in [4.69, 9.17) is 21.1 Å². The highest BCUT2D eigenvalue weighted by Gasteiger charge is 2.42. The lowest BCUT2D eigenvalue weighted by Gasteiger charge is -2.26. The molecule has 1 unspecified atom stereocenters. The van der Waals surface area contributed by atoms with E-state index in [1.54, 1.807) is 24.1 Å². The maximum atomic E-state index is 13.3. The van der Waals surface area contributed by atoms with E-state index in [1.165, 1.54) is 6.07 Å². The second kappa shape index (κ2) is 9.63. The van der Waals surface area contributed by atoms with Crippen LogP contribution in [-0.2, 0) is 4.74 Å². The van der Waals surface area contributed by atoms with Crippen molar-refractivity contribution in [1.29, 1.82) is 0 Å². The van der Waals surface area contributed by atoms with Crippen LogP contribution < -0.4 is 4.74 Å². The fraction of sp³-hybridized carbons (Fsp3) is 0.333. The molecule has 1 amide bonds. The van der Waals surface area contributed by atoms with Crippen LogP contribution in [0.25, 0.3) is 11.3 Å². The first-order valence-corrected chi connectivity index (χ1v) is 11.0. The summed E-state index contributed by atoms with van der Waals surface area (Å²) in [7, 11) is 1.61. The second-order valence-corrected chi connectivity index (χ2v) is 8.13. The minimum atomic E-state index is -0.408. The summed E-state index contributed by atoms with van der Waals surface area (Å²) in [6.07, 6.45) is 2.02. The number of halogens is 1. The first-order valence-electron chi connectivity index (χ1n) is 10.6. The molecule has 0 saturated heterocycles. The number of rotatable bonds is 9. The Bertz CT molecular complexity index is 1110. The number of unbranched alkanes of at least 4 members (excludes halogenated alkanes) is 1. The van der Waals surface area contributed by atoms with Gasteiger partial charge in [0.15, 0.2) is 0 Å². The third kappa shape index (κ3) is 4.18. The Balaban J connectivity index is 1.81. The van der Waals surface area contributed by atoms with Gasteiger partial charge in [0.1, 0.15) is 22.9 Å². The number of fused-ring (bicyclic) bond motifs is 1. The van der Waals surface area contributed by atoms with Crippen molar-refractivity contribution < 1.29 is 19.4 Å². The van der Waals surface area contributed by atoms with E-state index in [9.17, 15) is 9.90 Å². The van der Waals surface area contributed by atoms with Crippen LogP contribution >= 0.6 is 11.6 Å². The van der Waals surface area contributed by atoms with E-state index < -0.39 is 6.04 Å². The molecule has 2 N–H and O–H groups in total. The molecule has 168 valence electrons. The summed E-state index contributed by atoms with van der Waals surface area (Å²) in [6.45, 7) is 3.55. The fourth-order valence-corrected chi connectivity index (χ4v) is 4.15. The molecule has 8 heteroatoms. The van der Waals surface area contributed by atoms with Crippen LogP contribution in [0.4, 0.5) is 0 Å². The molecule has 0 bridgehead atoms. The number of ether oxygens (including phenoxy) is 2. The molecule has 0 spiro atoms. The van der Waals surface area contributed by atoms with Gasteiger partial charge in [-0.1, -0.05) is 37.1 Å². The van der Waals surface area contributed by atoms with Crippen LogP contribution in [0, 0.1) is 0 Å². The number of amides is 1. The monoisotopic (exact) mass is 455 g/mol. The molecule has 2 heterocycles. The summed E-state index contributed by atoms with van der Waals surface area (Å²) in [5.74, 6) is 0.626. The standard InChI is InChI=1S/C24H26ClN3O4/c1-3-4-11-32-17-7-5-6-15(13-17)23-20-21(18-14-16(25)8-9-19(18)29)26-27-22(20)24(30)28(23)10-12-31-2/h5-9,13-14,23,29H,3-4,10-12H2,1-2H3,(H,26,27). The lowest BCUT2D eigenvalue weighted by Crippen LogP contribution is -2.32. The van der Waals surface area contributed by atoms with Crippen LogP contribution in [0.3, 0.4) is 0 Å². The Morgan fingerprint density at radius 3 is 2.84 bits per heavy atom. The van der Waals surface area contributed by atoms with E-state index in [0.717, 1.165) is 24.2 Å². The normalized spacial score (nSPS) is 15.3. The van der Waals surface area contributed by atoms with Crippen molar-refractivity contribution in [1.82, 2.24) is 15.1 Å². The number of phenols is 1. The van der Waals surface area contributed by atoms with Crippen molar-refractivity contribution >= 4 is 17.5 Å². The zero-order valence-electron chi connectivity index (χ0n) is 18.1. The Morgan fingerprint density at radius 2 is 2.06 bits per heavy atom. The largest absolute Gasteiger partial charge is 0.507 e. The SMILES string of the molecule is CCCCOc1cccc(C2c3c(-c4cc(Cl)ccc4O)n[nH]c3C(=O)N2CCOC)c1. The van der Waals surface area contributed by atoms with Crippen LogP contribution in [0.5, 0.6) is 11.5 Å². The molecule has 0 aliphatic carbocycles. The molecular formula is C24H26ClN3O4. The molecule has 0 saturated carbocycles. The van der Waals surface area contributed by atoms with E-state index in [0.29, 0.717) is 47.3 Å². The van der Waals surface area contributed by atoms with Gasteiger partial charge in [-0.05, 0) is 42.3 Å². The molecule has 2 aromatic carbocycles. The number of aromatic hydroxyl groups is 1. The number of benzene rings is 2. The number of carbonyl (C=O) groups is 1. The summed E-state index contributed by atoms with van der Waals surface area (Å²) in [4.78, 5) is 15.0. The number of H-pyrrole nitrogens is 1. The third-order valence-corrected chi connectivity index (χ3v) is 5.79. The molecular weight excluding hydrogens is 430 g/mol. The van der Waals surface area contributed by atoms with Crippen molar-refractivity contribution in [3.63, 3.8) is 0 Å². The molecule has 1 aliphatic heterocycles. The molecule has 4 rings (SSSR count). The van der Waals surface area contributed by atoms with Gasteiger partial charge in [-0.3, -0.25) is 9.89 Å². The maximum absolute atomic E-state index is 13.3. The van der Waals surface area contributed by atoms with Gasteiger partial charge in [0.2, 0.25) is 0 Å². The molecule has 32 heavy (non-hydrogen) atoms. The Morgan fingerprint density at radius 1 is 1.22 bits per heavy atom. The first kappa shape index (κ1) is 22.2. The van der Waals surface area contributed by atoms with Crippen molar-refractivity contribution in [2.45, 2.75) is 25.8 Å². The highest BCUT2D eigenvalue weighted by Crippen LogP contribution is 2.45. The highest BCUT2D eigenvalue weighted by atomic mass is 35.5. The lowest BCUT2D eigenvalue weighted by atomic mass is 9.95. The van der Waals surface area contributed by atoms with Gasteiger partial charge in [0, 0.05) is 29.8 Å². The first-order chi connectivity index (χ1) is 15.5. The van der Waals surface area contributed by atoms with Gasteiger partial charge in [-0.2, -0.15) is 5.10 Å². The van der Waals surface area contributed by atoms with Gasteiger partial charge >= 0.3 is 0 Å². The van der Waals surface area contributed by atoms with Crippen molar-refractivity contribution in [2.24, 2.45) is 0 Å². The number of methoxy groups -OCH3 is 1. The minimum absolute atomic E-state index is 0.0434. The molecule has 7 nitrogen and oxygen atoms in total. The highest BCUT2D eigenvalue weighted by molar-refractivity contribution is 6.31. The number of carbonyl (C=O) groups excluding carboxylic acids is 1. The van der Waals surface area contributed by atoms with Gasteiger partial charge < -0.3 is 19.5 Å². The van der Waals surface area contributed by atoms with Gasteiger partial charge in [0.25, 0.3) is 5.91 Å². The maximum Gasteiger partial charge on any atom is 0.273 e. The van der Waals surface area contributed by atoms with Gasteiger partial charge in [0.05, 0.1) is 19.3 Å². The molecule has 1 aromatic heterocycles. The average molecular weight is 456 g/mol. The van der Waals surface area contributed by atoms with Crippen molar-refractivity contribution in [3.05, 3.63) is 64.3 Å². The molecule has 1 aliphatic rings. The van der Waals surface area contributed by atoms with E-state index >= 15 is 0 Å². The predicted octanol–water partition coefficient (Wildman–Crippen LogP) is 4.81. The van der Waals surface area contributed by atoms with Crippen molar-refractivity contribution in [2.75, 3.05) is 26.9 Å². The number of aromatic amines is 1. The van der Waals surface area contributed by atoms with Gasteiger partial charge in [-0.15, -0.1) is 0 Å². The average Bonchev–Trinajstić information content (AvgIpc) is 3.33. The molecule has 3 aromatic rings. The minimum Gasteiger partial charge on any atom is -0.507 e. The molecule has 0 fully saturated rings. The summed E-state index contributed by atoms with van der Waals surface area (Å²) in [5.41, 5.74) is 2.96. The van der Waals surface area contributed by atoms with Crippen molar-refractivity contribution in [3.8, 4) is 22.8 Å². The zero-order valence-corrected chi connectivity index (χ0v) is 18.9. The number of hydrogen-bond donors (Lipinski definition) is 2. The van der Waals surface area contributed by atoms with E-state index in [-0.39, 0.29) is 11.7 Å². The number of aromatic nitrogens is 2. The molecule has 0 radical (unpaired) electrons. The topological polar surface area (TPSA) is 87.7 Å². The fourth-order valence-electron chi connectivity index (χ4n) is 3.98. The number of nitrogens with zero attached hydrogens (tertiary/aromatic N) is 2. The van der Waals surface area contributed by atoms with E-state index in [1.807, 2.05) is 24.3 Å². The van der Waals surface area contributed by atoms with Gasteiger partial charge in [-0.25, -0.2) is 0 Å². The van der Waals surface area contributed by atoms with Crippen LogP contribution in [0.15, 0.2) is 42.5 Å². The van der Waals surface area contributed by atoms with Crippen LogP contribution in [0.2, 0.25) is 5.02 Å². The summed E-state index contributed by atoms with van der Waals surface area (Å²) >= 11 is 6.19. The number of phenolic OH excluding ortho intramolecular Hbond substituents is 1. The summed E-state index contributed by atoms with van der Waals surface area (Å²) in [5, 5.41) is 18.2. The van der Waals surface area contributed by atoms with Crippen LogP contribution in [-0.4, -0.2) is 53.0 Å².